The van der Waals surface area contributed by atoms with Crippen LogP contribution in [0.3, 0.4) is 0 Å². The normalized spacial score (nSPS) is 15.5. The van der Waals surface area contributed by atoms with E-state index in [1.54, 1.807) is 0 Å². The van der Waals surface area contributed by atoms with Crippen LogP contribution in [0.5, 0.6) is 0 Å². The van der Waals surface area contributed by atoms with Gasteiger partial charge in [-0.25, -0.2) is 0 Å². The first-order valence-corrected chi connectivity index (χ1v) is 18.2. The summed E-state index contributed by atoms with van der Waals surface area (Å²) in [6.07, 6.45) is 14.7. The van der Waals surface area contributed by atoms with E-state index in [0.717, 1.165) is 19.3 Å². The molecule has 0 spiro atoms. The van der Waals surface area contributed by atoms with Crippen molar-refractivity contribution in [2.75, 3.05) is 0 Å². The van der Waals surface area contributed by atoms with Gasteiger partial charge in [-0.3, -0.25) is 0 Å². The lowest BCUT2D eigenvalue weighted by molar-refractivity contribution is 0.759. The molecule has 1 atom stereocenters. The fraction of sp³-hybridized carbons (Fsp3) is 0.102. The van der Waals surface area contributed by atoms with Crippen LogP contribution in [0.25, 0.3) is 78.0 Å². The van der Waals surface area contributed by atoms with Crippen molar-refractivity contribution in [3.8, 4) is 33.6 Å². The van der Waals surface area contributed by atoms with E-state index >= 15 is 0 Å². The highest BCUT2D eigenvalue weighted by molar-refractivity contribution is 6.09. The molecule has 0 saturated heterocycles. The Balaban J connectivity index is 1.23. The van der Waals surface area contributed by atoms with Crippen molar-refractivity contribution < 1.29 is 0 Å². The molecule has 2 aliphatic carbocycles. The molecule has 0 aliphatic heterocycles. The first-order valence-electron chi connectivity index (χ1n) is 18.2. The second-order valence-corrected chi connectivity index (χ2v) is 14.0. The third-order valence-corrected chi connectivity index (χ3v) is 11.1. The number of rotatable bonds is 5. The summed E-state index contributed by atoms with van der Waals surface area (Å²) in [4.78, 5) is 0. The van der Waals surface area contributed by atoms with Crippen LogP contribution in [0.2, 0.25) is 0 Å². The maximum Gasteiger partial charge on any atom is 0.0541 e. The first kappa shape index (κ1) is 29.8. The zero-order valence-corrected chi connectivity index (χ0v) is 28.8. The number of fused-ring (bicyclic) bond motifs is 6. The molecular formula is C49H38N2. The summed E-state index contributed by atoms with van der Waals surface area (Å²) in [5, 5.41) is 3.92. The van der Waals surface area contributed by atoms with E-state index < -0.39 is 0 Å². The molecule has 10 rings (SSSR count). The number of nitrogens with zero attached hydrogens (tertiary/aromatic N) is 2. The molecule has 51 heavy (non-hydrogen) atoms. The summed E-state index contributed by atoms with van der Waals surface area (Å²) in [7, 11) is 0. The van der Waals surface area contributed by atoms with Gasteiger partial charge in [0.1, 0.15) is 0 Å². The molecule has 0 N–H and O–H groups in total. The number of benzene rings is 6. The van der Waals surface area contributed by atoms with E-state index in [4.69, 9.17) is 0 Å². The summed E-state index contributed by atoms with van der Waals surface area (Å²) in [6.45, 7) is 2.36. The molecular weight excluding hydrogens is 617 g/mol. The van der Waals surface area contributed by atoms with Gasteiger partial charge in [-0.1, -0.05) is 128 Å². The minimum atomic E-state index is 0.408. The lowest BCUT2D eigenvalue weighted by atomic mass is 9.82. The van der Waals surface area contributed by atoms with E-state index in [1.165, 1.54) is 88.7 Å². The van der Waals surface area contributed by atoms with E-state index in [2.05, 4.69) is 186 Å². The van der Waals surface area contributed by atoms with Crippen LogP contribution < -0.4 is 0 Å². The molecule has 2 aliphatic rings. The number of allylic oxidation sites excluding steroid dienone is 5. The van der Waals surface area contributed by atoms with Gasteiger partial charge in [0.2, 0.25) is 0 Å². The van der Waals surface area contributed by atoms with Crippen LogP contribution >= 0.6 is 0 Å². The second-order valence-electron chi connectivity index (χ2n) is 14.0. The highest BCUT2D eigenvalue weighted by Gasteiger charge is 2.23. The van der Waals surface area contributed by atoms with Crippen LogP contribution in [0.4, 0.5) is 0 Å². The van der Waals surface area contributed by atoms with Crippen molar-refractivity contribution in [2.45, 2.75) is 26.2 Å². The number of hydrogen-bond acceptors (Lipinski definition) is 0. The quantitative estimate of drug-likeness (QED) is 0.175. The third-order valence-electron chi connectivity index (χ3n) is 11.1. The van der Waals surface area contributed by atoms with Gasteiger partial charge in [0.25, 0.3) is 0 Å². The van der Waals surface area contributed by atoms with Gasteiger partial charge < -0.3 is 9.13 Å². The summed E-state index contributed by atoms with van der Waals surface area (Å²) in [6, 6.07) is 51.7. The minimum absolute atomic E-state index is 0.408. The van der Waals surface area contributed by atoms with E-state index in [1.807, 2.05) is 0 Å². The largest absolute Gasteiger partial charge is 0.310 e. The molecule has 0 radical (unpaired) electrons. The molecule has 244 valence electrons. The van der Waals surface area contributed by atoms with Gasteiger partial charge in [-0.15, -0.1) is 0 Å². The summed E-state index contributed by atoms with van der Waals surface area (Å²) < 4.78 is 4.91. The molecule has 6 aromatic carbocycles. The smallest absolute Gasteiger partial charge is 0.0541 e. The predicted molar refractivity (Wildman–Crippen MR) is 217 cm³/mol. The molecule has 0 saturated carbocycles. The standard InChI is InChI=1S/C49H38N2/c1-33-15-5-6-18-37(33)45-32-36(51-48-25-13-9-21-42(48)43-22-10-14-26-49(43)51)28-30-39(45)38-29-27-35(31-44(38)34-16-3-2-4-17-34)50-46-23-11-7-19-40(46)41-20-8-12-24-47(41)50/h2-7,9-14,16-19,21-33H,8,15,20H2,1H3. The Morgan fingerprint density at radius 3 is 1.82 bits per heavy atom. The van der Waals surface area contributed by atoms with Gasteiger partial charge in [0, 0.05) is 33.2 Å². The molecule has 2 nitrogen and oxygen atoms in total. The molecule has 8 aromatic rings. The number of para-hydroxylation sites is 3. The van der Waals surface area contributed by atoms with Crippen molar-refractivity contribution in [1.82, 2.24) is 9.13 Å². The SMILES string of the molecule is CC1CC=CC=C1c1cc(-n2c3ccccc3c3ccccc32)ccc1-c1ccc(-n2c3c(c4ccccc42)CCC=C3)cc1-c1ccccc1. The summed E-state index contributed by atoms with van der Waals surface area (Å²) in [5.41, 5.74) is 16.5. The molecule has 0 amide bonds. The lowest BCUT2D eigenvalue weighted by Gasteiger charge is -2.24. The summed E-state index contributed by atoms with van der Waals surface area (Å²) >= 11 is 0. The fourth-order valence-electron chi connectivity index (χ4n) is 8.67. The van der Waals surface area contributed by atoms with Gasteiger partial charge in [0.05, 0.1) is 16.6 Å². The van der Waals surface area contributed by atoms with Crippen LogP contribution in [0, 0.1) is 5.92 Å². The maximum absolute atomic E-state index is 2.47. The lowest BCUT2D eigenvalue weighted by Crippen LogP contribution is -2.05. The predicted octanol–water partition coefficient (Wildman–Crippen LogP) is 13.0. The molecule has 0 bridgehead atoms. The van der Waals surface area contributed by atoms with Gasteiger partial charge >= 0.3 is 0 Å². The van der Waals surface area contributed by atoms with E-state index in [0.29, 0.717) is 5.92 Å². The van der Waals surface area contributed by atoms with Crippen LogP contribution in [-0.2, 0) is 6.42 Å². The molecule has 2 heterocycles. The Bertz CT molecular complexity index is 2680. The van der Waals surface area contributed by atoms with E-state index in [-0.39, 0.29) is 0 Å². The molecule has 0 fully saturated rings. The zero-order chi connectivity index (χ0) is 33.9. The Morgan fingerprint density at radius 1 is 0.529 bits per heavy atom. The number of aromatic nitrogens is 2. The zero-order valence-electron chi connectivity index (χ0n) is 28.8. The van der Waals surface area contributed by atoms with Crippen molar-refractivity contribution in [3.63, 3.8) is 0 Å². The van der Waals surface area contributed by atoms with Crippen LogP contribution in [-0.4, -0.2) is 9.13 Å². The topological polar surface area (TPSA) is 9.86 Å². The van der Waals surface area contributed by atoms with E-state index in [9.17, 15) is 0 Å². The molecule has 2 aromatic heterocycles. The molecule has 2 heteroatoms. The monoisotopic (exact) mass is 654 g/mol. The van der Waals surface area contributed by atoms with Crippen LogP contribution in [0.1, 0.15) is 36.6 Å². The first-order chi connectivity index (χ1) is 25.2. The van der Waals surface area contributed by atoms with Gasteiger partial charge in [0.15, 0.2) is 0 Å². The van der Waals surface area contributed by atoms with Gasteiger partial charge in [-0.05, 0) is 113 Å². The Kier molecular flexibility index (Phi) is 7.02. The average molecular weight is 655 g/mol. The van der Waals surface area contributed by atoms with Crippen molar-refractivity contribution >= 4 is 44.4 Å². The Morgan fingerprint density at radius 2 is 1.12 bits per heavy atom. The summed E-state index contributed by atoms with van der Waals surface area (Å²) in [5.74, 6) is 0.408. The maximum atomic E-state index is 2.47. The Hall–Kier alpha value is -6.12. The third kappa shape index (κ3) is 4.78. The Labute approximate surface area is 298 Å². The van der Waals surface area contributed by atoms with Gasteiger partial charge in [-0.2, -0.15) is 0 Å². The van der Waals surface area contributed by atoms with Crippen molar-refractivity contribution in [2.24, 2.45) is 5.92 Å². The second kappa shape index (κ2) is 12.0. The minimum Gasteiger partial charge on any atom is -0.310 e. The molecule has 1 unspecified atom stereocenters. The highest BCUT2D eigenvalue weighted by atomic mass is 15.0. The average Bonchev–Trinajstić information content (AvgIpc) is 3.71. The van der Waals surface area contributed by atoms with Crippen LogP contribution in [0.15, 0.2) is 164 Å². The fourth-order valence-corrected chi connectivity index (χ4v) is 8.67. The highest BCUT2D eigenvalue weighted by Crippen LogP contribution is 2.44. The number of aryl methyl sites for hydroxylation is 1. The number of hydrogen-bond donors (Lipinski definition) is 0. The van der Waals surface area contributed by atoms with Crippen molar-refractivity contribution in [1.29, 1.82) is 0 Å². The van der Waals surface area contributed by atoms with Crippen molar-refractivity contribution in [3.05, 3.63) is 181 Å².